The molecule has 0 spiro atoms. The maximum Gasteiger partial charge on any atom is 0.200 e. The summed E-state index contributed by atoms with van der Waals surface area (Å²) < 4.78 is 33.1. The second kappa shape index (κ2) is 7.84. The van der Waals surface area contributed by atoms with Gasteiger partial charge in [0.1, 0.15) is 0 Å². The molecule has 0 N–H and O–H groups in total. The average molecular weight is 336 g/mol. The van der Waals surface area contributed by atoms with E-state index in [4.69, 9.17) is 4.74 Å². The molecule has 0 amide bonds. The van der Waals surface area contributed by atoms with Gasteiger partial charge >= 0.3 is 0 Å². The Kier molecular flexibility index (Phi) is 5.78. The molecule has 1 nitrogen and oxygen atoms in total. The lowest BCUT2D eigenvalue weighted by molar-refractivity contribution is 0.313. The summed E-state index contributed by atoms with van der Waals surface area (Å²) in [5, 5.41) is 0. The van der Waals surface area contributed by atoms with E-state index in [1.54, 1.807) is 19.1 Å². The zero-order valence-electron chi connectivity index (χ0n) is 15.0. The first-order chi connectivity index (χ1) is 11.7. The van der Waals surface area contributed by atoms with Gasteiger partial charge in [-0.2, -0.15) is 4.39 Å². The predicted molar refractivity (Wildman–Crippen MR) is 93.2 cm³/mol. The molecule has 2 unspecified atom stereocenters. The molecule has 2 saturated carbocycles. The molecule has 0 aliphatic heterocycles. The van der Waals surface area contributed by atoms with Gasteiger partial charge in [-0.05, 0) is 74.3 Å². The minimum absolute atomic E-state index is 0.0239. The molecule has 0 aromatic heterocycles. The molecular weight excluding hydrogens is 306 g/mol. The van der Waals surface area contributed by atoms with Crippen LogP contribution in [0.4, 0.5) is 8.78 Å². The normalized spacial score (nSPS) is 28.0. The highest BCUT2D eigenvalue weighted by atomic mass is 19.2. The molecule has 1 aromatic carbocycles. The van der Waals surface area contributed by atoms with Gasteiger partial charge in [0, 0.05) is 0 Å². The van der Waals surface area contributed by atoms with Crippen LogP contribution >= 0.6 is 0 Å². The lowest BCUT2D eigenvalue weighted by Gasteiger charge is -2.15. The Bertz CT molecular complexity index is 545. The molecular formula is C21H30F2O. The molecule has 0 radical (unpaired) electrons. The number of ether oxygens (including phenoxy) is 1. The Morgan fingerprint density at radius 2 is 1.75 bits per heavy atom. The van der Waals surface area contributed by atoms with Crippen molar-refractivity contribution in [2.75, 3.05) is 6.61 Å². The first kappa shape index (κ1) is 17.7. The number of unbranched alkanes of at least 4 members (excludes halogenated alkanes) is 2. The smallest absolute Gasteiger partial charge is 0.200 e. The fraction of sp³-hybridized carbons (Fsp3) is 0.714. The molecule has 24 heavy (non-hydrogen) atoms. The van der Waals surface area contributed by atoms with Gasteiger partial charge in [0.15, 0.2) is 11.6 Å². The van der Waals surface area contributed by atoms with E-state index in [1.807, 2.05) is 0 Å². The van der Waals surface area contributed by atoms with E-state index in [1.165, 1.54) is 38.5 Å². The van der Waals surface area contributed by atoms with Crippen LogP contribution in [0.2, 0.25) is 0 Å². The SMILES string of the molecule is CCCCCC1[C@H]2CC(CCc3ccc(OCC)c(F)c3F)C[C@@H]12. The van der Waals surface area contributed by atoms with Gasteiger partial charge < -0.3 is 4.74 Å². The third-order valence-electron chi connectivity index (χ3n) is 6.11. The van der Waals surface area contributed by atoms with Crippen molar-refractivity contribution in [1.29, 1.82) is 0 Å². The van der Waals surface area contributed by atoms with Gasteiger partial charge in [-0.25, -0.2) is 4.39 Å². The number of hydrogen-bond acceptors (Lipinski definition) is 1. The standard InChI is InChI=1S/C21H30F2O/c1-3-5-6-7-16-17-12-14(13-18(16)17)8-9-15-10-11-19(24-4-2)21(23)20(15)22/h10-11,14,16-18H,3-9,12-13H2,1-2H3/t14?,16?,17-,18+. The minimum atomic E-state index is -0.834. The van der Waals surface area contributed by atoms with Crippen LogP contribution in [0.1, 0.15) is 64.4 Å². The summed E-state index contributed by atoms with van der Waals surface area (Å²) in [6.45, 7) is 4.37. The average Bonchev–Trinajstić information content (AvgIpc) is 3.03. The summed E-state index contributed by atoms with van der Waals surface area (Å²) >= 11 is 0. The van der Waals surface area contributed by atoms with Crippen LogP contribution in [0.25, 0.3) is 0 Å². The van der Waals surface area contributed by atoms with Crippen LogP contribution in [0.5, 0.6) is 5.75 Å². The van der Waals surface area contributed by atoms with Crippen molar-refractivity contribution in [3.63, 3.8) is 0 Å². The Morgan fingerprint density at radius 3 is 2.42 bits per heavy atom. The first-order valence-corrected chi connectivity index (χ1v) is 9.75. The molecule has 4 atom stereocenters. The third-order valence-corrected chi connectivity index (χ3v) is 6.11. The van der Waals surface area contributed by atoms with Gasteiger partial charge in [0.25, 0.3) is 0 Å². The Morgan fingerprint density at radius 1 is 1.00 bits per heavy atom. The maximum atomic E-state index is 14.1. The predicted octanol–water partition coefficient (Wildman–Crippen LogP) is 6.15. The second-order valence-electron chi connectivity index (χ2n) is 7.65. The highest BCUT2D eigenvalue weighted by Gasteiger charge is 2.54. The van der Waals surface area contributed by atoms with Crippen LogP contribution in [-0.4, -0.2) is 6.61 Å². The zero-order chi connectivity index (χ0) is 17.1. The van der Waals surface area contributed by atoms with Crippen molar-refractivity contribution >= 4 is 0 Å². The quantitative estimate of drug-likeness (QED) is 0.492. The number of fused-ring (bicyclic) bond motifs is 1. The lowest BCUT2D eigenvalue weighted by Crippen LogP contribution is -2.05. The van der Waals surface area contributed by atoms with Crippen molar-refractivity contribution < 1.29 is 13.5 Å². The van der Waals surface area contributed by atoms with E-state index in [0.717, 1.165) is 24.2 Å². The number of aryl methyl sites for hydroxylation is 1. The summed E-state index contributed by atoms with van der Waals surface area (Å²) in [7, 11) is 0. The lowest BCUT2D eigenvalue weighted by atomic mass is 9.91. The molecule has 3 heteroatoms. The van der Waals surface area contributed by atoms with E-state index in [2.05, 4.69) is 6.92 Å². The fourth-order valence-electron chi connectivity index (χ4n) is 4.77. The van der Waals surface area contributed by atoms with Crippen LogP contribution in [0, 0.1) is 35.3 Å². The van der Waals surface area contributed by atoms with Crippen LogP contribution in [0.3, 0.4) is 0 Å². The monoisotopic (exact) mass is 336 g/mol. The molecule has 2 aliphatic rings. The number of hydrogen-bond donors (Lipinski definition) is 0. The van der Waals surface area contributed by atoms with Gasteiger partial charge in [0.05, 0.1) is 6.61 Å². The number of halogens is 2. The van der Waals surface area contributed by atoms with Crippen molar-refractivity contribution in [3.8, 4) is 5.75 Å². The highest BCUT2D eigenvalue weighted by molar-refractivity contribution is 5.31. The van der Waals surface area contributed by atoms with Crippen molar-refractivity contribution in [2.24, 2.45) is 23.7 Å². The molecule has 134 valence electrons. The molecule has 0 saturated heterocycles. The summed E-state index contributed by atoms with van der Waals surface area (Å²) in [4.78, 5) is 0. The number of rotatable bonds is 9. The van der Waals surface area contributed by atoms with Crippen molar-refractivity contribution in [1.82, 2.24) is 0 Å². The molecule has 0 bridgehead atoms. The molecule has 0 heterocycles. The molecule has 2 aliphatic carbocycles. The fourth-order valence-corrected chi connectivity index (χ4v) is 4.77. The Labute approximate surface area is 144 Å². The van der Waals surface area contributed by atoms with Crippen molar-refractivity contribution in [3.05, 3.63) is 29.3 Å². The van der Waals surface area contributed by atoms with E-state index >= 15 is 0 Å². The van der Waals surface area contributed by atoms with Crippen LogP contribution in [0.15, 0.2) is 12.1 Å². The minimum Gasteiger partial charge on any atom is -0.491 e. The van der Waals surface area contributed by atoms with Crippen LogP contribution < -0.4 is 4.74 Å². The Hall–Kier alpha value is -1.12. The van der Waals surface area contributed by atoms with Gasteiger partial charge in [-0.15, -0.1) is 0 Å². The van der Waals surface area contributed by atoms with Gasteiger partial charge in [-0.3, -0.25) is 0 Å². The van der Waals surface area contributed by atoms with E-state index in [9.17, 15) is 8.78 Å². The van der Waals surface area contributed by atoms with E-state index in [-0.39, 0.29) is 5.75 Å². The Balaban J connectivity index is 1.44. The summed E-state index contributed by atoms with van der Waals surface area (Å²) in [6.07, 6.45) is 9.70. The van der Waals surface area contributed by atoms with Crippen molar-refractivity contribution in [2.45, 2.75) is 65.2 Å². The second-order valence-corrected chi connectivity index (χ2v) is 7.65. The number of benzene rings is 1. The summed E-state index contributed by atoms with van der Waals surface area (Å²) in [6, 6.07) is 3.25. The van der Waals surface area contributed by atoms with Gasteiger partial charge in [0.2, 0.25) is 5.82 Å². The third kappa shape index (κ3) is 3.75. The molecule has 3 rings (SSSR count). The van der Waals surface area contributed by atoms with Crippen LogP contribution in [-0.2, 0) is 6.42 Å². The molecule has 2 fully saturated rings. The highest BCUT2D eigenvalue weighted by Crippen LogP contribution is 2.62. The zero-order valence-corrected chi connectivity index (χ0v) is 15.0. The largest absolute Gasteiger partial charge is 0.491 e. The van der Waals surface area contributed by atoms with E-state index in [0.29, 0.717) is 24.5 Å². The topological polar surface area (TPSA) is 9.23 Å². The molecule has 1 aromatic rings. The first-order valence-electron chi connectivity index (χ1n) is 9.75. The van der Waals surface area contributed by atoms with Gasteiger partial charge in [-0.1, -0.05) is 32.3 Å². The maximum absolute atomic E-state index is 14.1. The van der Waals surface area contributed by atoms with E-state index < -0.39 is 11.6 Å². The summed E-state index contributed by atoms with van der Waals surface area (Å²) in [5.74, 6) is 2.03. The summed E-state index contributed by atoms with van der Waals surface area (Å²) in [5.41, 5.74) is 0.496.